The average Bonchev–Trinajstić information content (AvgIpc) is 2.94. The van der Waals surface area contributed by atoms with E-state index in [-0.39, 0.29) is 33.1 Å². The summed E-state index contributed by atoms with van der Waals surface area (Å²) in [7, 11) is -4.26. The van der Waals surface area contributed by atoms with Crippen LogP contribution in [0.5, 0.6) is 0 Å². The number of fused-ring (bicyclic) bond motifs is 1. The smallest absolute Gasteiger partial charge is 0.326 e. The van der Waals surface area contributed by atoms with Crippen LogP contribution in [-0.4, -0.2) is 40.0 Å². The van der Waals surface area contributed by atoms with Gasteiger partial charge in [-0.05, 0) is 72.4 Å². The van der Waals surface area contributed by atoms with Crippen molar-refractivity contribution in [2.75, 3.05) is 24.0 Å². The third-order valence-corrected chi connectivity index (χ3v) is 9.32. The number of anilines is 1. The van der Waals surface area contributed by atoms with Crippen LogP contribution in [0.1, 0.15) is 62.2 Å². The van der Waals surface area contributed by atoms with Crippen molar-refractivity contribution in [1.82, 2.24) is 5.32 Å². The number of nitrogens with one attached hydrogen (secondary N) is 1. The first kappa shape index (κ1) is 30.2. The molecule has 0 bridgehead atoms. The van der Waals surface area contributed by atoms with Crippen LogP contribution < -0.4 is 9.62 Å². The number of halogens is 2. The lowest BCUT2D eigenvalue weighted by molar-refractivity contribution is -0.141. The van der Waals surface area contributed by atoms with Gasteiger partial charge in [-0.2, -0.15) is 0 Å². The molecule has 40 heavy (non-hydrogen) atoms. The molecular formula is C30H34Cl2N2O5S. The van der Waals surface area contributed by atoms with Gasteiger partial charge in [-0.1, -0.05) is 74.0 Å². The lowest BCUT2D eigenvalue weighted by Gasteiger charge is -2.24. The van der Waals surface area contributed by atoms with Crippen molar-refractivity contribution in [3.63, 3.8) is 0 Å². The molecule has 1 fully saturated rings. The zero-order valence-electron chi connectivity index (χ0n) is 22.5. The Labute approximate surface area is 245 Å². The van der Waals surface area contributed by atoms with Gasteiger partial charge in [0.2, 0.25) is 0 Å². The van der Waals surface area contributed by atoms with Crippen LogP contribution in [0.3, 0.4) is 0 Å². The molecular weight excluding hydrogens is 571 g/mol. The van der Waals surface area contributed by atoms with Crippen LogP contribution in [0.15, 0.2) is 59.5 Å². The maximum Gasteiger partial charge on any atom is 0.326 e. The summed E-state index contributed by atoms with van der Waals surface area (Å²) < 4.78 is 33.8. The molecule has 0 radical (unpaired) electrons. The zero-order valence-corrected chi connectivity index (χ0v) is 24.8. The van der Waals surface area contributed by atoms with Crippen molar-refractivity contribution < 1.29 is 22.7 Å². The van der Waals surface area contributed by atoms with E-state index in [1.165, 1.54) is 37.5 Å². The van der Waals surface area contributed by atoms with Gasteiger partial charge in [0.15, 0.2) is 0 Å². The molecule has 0 saturated heterocycles. The zero-order chi connectivity index (χ0) is 28.7. The molecule has 1 saturated carbocycles. The van der Waals surface area contributed by atoms with E-state index in [0.29, 0.717) is 35.2 Å². The summed E-state index contributed by atoms with van der Waals surface area (Å²) in [5.41, 5.74) is 0.755. The first-order valence-corrected chi connectivity index (χ1v) is 15.8. The molecule has 10 heteroatoms. The summed E-state index contributed by atoms with van der Waals surface area (Å²) in [5.74, 6) is -0.349. The topological polar surface area (TPSA) is 92.8 Å². The number of carbonyl (C=O) groups is 2. The maximum absolute atomic E-state index is 13.8. The normalized spacial score (nSPS) is 14.2. The monoisotopic (exact) mass is 604 g/mol. The number of nitrogens with zero attached hydrogens (tertiary/aromatic N) is 1. The molecule has 7 nitrogen and oxygen atoms in total. The summed E-state index contributed by atoms with van der Waals surface area (Å²) >= 11 is 12.2. The van der Waals surface area contributed by atoms with Crippen molar-refractivity contribution in [1.29, 1.82) is 0 Å². The Morgan fingerprint density at radius 1 is 1.00 bits per heavy atom. The number of hydrogen-bond donors (Lipinski definition) is 1. The first-order chi connectivity index (χ1) is 19.2. The highest BCUT2D eigenvalue weighted by Crippen LogP contribution is 2.31. The van der Waals surface area contributed by atoms with E-state index in [1.807, 2.05) is 6.92 Å². The fourth-order valence-electron chi connectivity index (χ4n) is 4.96. The van der Waals surface area contributed by atoms with Gasteiger partial charge in [-0.3, -0.25) is 13.9 Å². The molecule has 0 aliphatic heterocycles. The van der Waals surface area contributed by atoms with E-state index in [2.05, 4.69) is 5.32 Å². The predicted octanol–water partition coefficient (Wildman–Crippen LogP) is 7.00. The third-order valence-electron chi connectivity index (χ3n) is 7.13. The molecule has 0 spiro atoms. The van der Waals surface area contributed by atoms with Gasteiger partial charge in [0.1, 0.15) is 6.54 Å². The van der Waals surface area contributed by atoms with E-state index >= 15 is 0 Å². The number of hydrogen-bond acceptors (Lipinski definition) is 5. The van der Waals surface area contributed by atoms with E-state index in [0.717, 1.165) is 23.6 Å². The summed E-state index contributed by atoms with van der Waals surface area (Å²) in [6, 6.07) is 14.3. The summed E-state index contributed by atoms with van der Waals surface area (Å²) in [4.78, 5) is 25.6. The Kier molecular flexibility index (Phi) is 10.3. The number of sulfonamides is 1. The van der Waals surface area contributed by atoms with E-state index < -0.39 is 22.5 Å². The minimum absolute atomic E-state index is 0.151. The Morgan fingerprint density at radius 3 is 2.42 bits per heavy atom. The first-order valence-electron chi connectivity index (χ1n) is 13.6. The number of amides is 1. The second-order valence-electron chi connectivity index (χ2n) is 10.1. The lowest BCUT2D eigenvalue weighted by Crippen LogP contribution is -2.36. The van der Waals surface area contributed by atoms with Crippen molar-refractivity contribution in [2.45, 2.75) is 56.8 Å². The van der Waals surface area contributed by atoms with Crippen LogP contribution >= 0.6 is 23.2 Å². The molecule has 0 atom stereocenters. The number of benzene rings is 3. The highest BCUT2D eigenvalue weighted by atomic mass is 35.5. The maximum atomic E-state index is 13.8. The quantitative estimate of drug-likeness (QED) is 0.188. The third kappa shape index (κ3) is 7.47. The number of carbonyl (C=O) groups excluding carboxylic acids is 2. The molecule has 3 aromatic rings. The second-order valence-corrected chi connectivity index (χ2v) is 12.9. The molecule has 1 N–H and O–H groups in total. The van der Waals surface area contributed by atoms with Gasteiger partial charge in [-0.25, -0.2) is 8.42 Å². The molecule has 0 heterocycles. The molecule has 1 aliphatic rings. The molecule has 214 valence electrons. The highest BCUT2D eigenvalue weighted by Gasteiger charge is 2.29. The van der Waals surface area contributed by atoms with Crippen molar-refractivity contribution in [3.05, 3.63) is 70.2 Å². The van der Waals surface area contributed by atoms with Crippen LogP contribution in [0.4, 0.5) is 5.69 Å². The van der Waals surface area contributed by atoms with Crippen LogP contribution in [0.2, 0.25) is 10.0 Å². The Hall–Kier alpha value is -2.81. The predicted molar refractivity (Wildman–Crippen MR) is 160 cm³/mol. The Bertz CT molecular complexity index is 1450. The van der Waals surface area contributed by atoms with Crippen LogP contribution in [-0.2, 0) is 19.6 Å². The van der Waals surface area contributed by atoms with Crippen molar-refractivity contribution in [3.8, 4) is 0 Å². The Morgan fingerprint density at radius 2 is 1.73 bits per heavy atom. The number of ether oxygens (including phenoxy) is 1. The van der Waals surface area contributed by atoms with Gasteiger partial charge in [-0.15, -0.1) is 0 Å². The molecule has 1 amide bonds. The molecule has 1 aliphatic carbocycles. The number of unbranched alkanes of at least 4 members (excludes halogenated alkanes) is 1. The largest absolute Gasteiger partial charge is 0.464 e. The molecule has 3 aromatic carbocycles. The van der Waals surface area contributed by atoms with Gasteiger partial charge in [0, 0.05) is 22.2 Å². The van der Waals surface area contributed by atoms with E-state index in [1.54, 1.807) is 36.4 Å². The Balaban J connectivity index is 1.66. The lowest BCUT2D eigenvalue weighted by atomic mass is 9.89. The van der Waals surface area contributed by atoms with E-state index in [4.69, 9.17) is 27.9 Å². The van der Waals surface area contributed by atoms with Gasteiger partial charge in [0.25, 0.3) is 15.9 Å². The molecule has 0 unspecified atom stereocenters. The van der Waals surface area contributed by atoms with Crippen LogP contribution in [0.25, 0.3) is 10.8 Å². The fourth-order valence-corrected chi connectivity index (χ4v) is 7.09. The second kappa shape index (κ2) is 13.7. The molecule has 0 aromatic heterocycles. The van der Waals surface area contributed by atoms with Gasteiger partial charge >= 0.3 is 5.97 Å². The van der Waals surface area contributed by atoms with Gasteiger partial charge in [0.05, 0.1) is 17.2 Å². The minimum atomic E-state index is -4.26. The number of esters is 1. The van der Waals surface area contributed by atoms with Gasteiger partial charge < -0.3 is 10.1 Å². The van der Waals surface area contributed by atoms with Crippen LogP contribution in [0, 0.1) is 5.92 Å². The van der Waals surface area contributed by atoms with E-state index in [9.17, 15) is 18.0 Å². The summed E-state index contributed by atoms with van der Waals surface area (Å²) in [6.45, 7) is 2.27. The minimum Gasteiger partial charge on any atom is -0.464 e. The molecule has 4 rings (SSSR count). The summed E-state index contributed by atoms with van der Waals surface area (Å²) in [5, 5.41) is 4.72. The number of rotatable bonds is 11. The average molecular weight is 606 g/mol. The standard InChI is InChI=1S/C30H34Cl2N2O5S/c1-2-3-14-39-29(35)20-34(40(37,38)26-17-23(31)16-24(32)18-26)25-12-13-27-22(15-25)10-7-11-28(27)30(36)33-19-21-8-5-4-6-9-21/h7,10-13,15-18,21H,2-6,8-9,14,19-20H2,1H3,(H,33,36). The SMILES string of the molecule is CCCCOC(=O)CN(c1ccc2c(C(=O)NCC3CCCCC3)cccc2c1)S(=O)(=O)c1cc(Cl)cc(Cl)c1. The summed E-state index contributed by atoms with van der Waals surface area (Å²) in [6.07, 6.45) is 7.41. The highest BCUT2D eigenvalue weighted by molar-refractivity contribution is 7.92. The van der Waals surface area contributed by atoms with Crippen molar-refractivity contribution >= 4 is 61.6 Å². The van der Waals surface area contributed by atoms with Crippen molar-refractivity contribution in [2.24, 2.45) is 5.92 Å². The fraction of sp³-hybridized carbons (Fsp3) is 0.400.